The number of hydroxylamine groups is 1. The number of primary amides is 1. The minimum Gasteiger partial charge on any atom is -0.493 e. The third kappa shape index (κ3) is 4.40. The first-order valence-corrected chi connectivity index (χ1v) is 9.11. The first-order valence-electron chi connectivity index (χ1n) is 9.11. The number of carbonyl (C=O) groups excluding carboxylic acids is 1. The van der Waals surface area contributed by atoms with E-state index in [4.69, 9.17) is 15.3 Å². The number of amides is 1. The van der Waals surface area contributed by atoms with Gasteiger partial charge in [-0.3, -0.25) is 15.1 Å². The molecule has 0 bridgehead atoms. The van der Waals surface area contributed by atoms with Gasteiger partial charge in [0.25, 0.3) is 5.91 Å². The molecule has 0 spiro atoms. The Morgan fingerprint density at radius 2 is 2.07 bits per heavy atom. The number of nitrogens with two attached hydrogens (primary N) is 1. The molecule has 3 rings (SSSR count). The van der Waals surface area contributed by atoms with Crippen LogP contribution >= 0.6 is 0 Å². The lowest BCUT2D eigenvalue weighted by atomic mass is 9.91. The van der Waals surface area contributed by atoms with E-state index >= 15 is 0 Å². The van der Waals surface area contributed by atoms with Crippen LogP contribution in [0.25, 0.3) is 11.4 Å². The summed E-state index contributed by atoms with van der Waals surface area (Å²) < 4.78 is 47.8. The molecule has 0 radical (unpaired) electrons. The van der Waals surface area contributed by atoms with Crippen molar-refractivity contribution in [2.45, 2.75) is 45.4 Å². The van der Waals surface area contributed by atoms with Crippen molar-refractivity contribution in [3.63, 3.8) is 0 Å². The van der Waals surface area contributed by atoms with Gasteiger partial charge >= 0.3 is 12.1 Å². The summed E-state index contributed by atoms with van der Waals surface area (Å²) >= 11 is 0. The zero-order valence-corrected chi connectivity index (χ0v) is 16.6. The maximum Gasteiger partial charge on any atom is 0.471 e. The first-order chi connectivity index (χ1) is 14.0. The predicted octanol–water partition coefficient (Wildman–Crippen LogP) is 3.28. The summed E-state index contributed by atoms with van der Waals surface area (Å²) in [4.78, 5) is 20.2. The van der Waals surface area contributed by atoms with Gasteiger partial charge in [0, 0.05) is 5.56 Å². The van der Waals surface area contributed by atoms with Crippen LogP contribution in [-0.2, 0) is 15.8 Å². The number of aromatic nitrogens is 2. The summed E-state index contributed by atoms with van der Waals surface area (Å²) in [5, 5.41) is 3.37. The Kier molecular flexibility index (Phi) is 5.75. The number of rotatable bonds is 7. The van der Waals surface area contributed by atoms with E-state index in [2.05, 4.69) is 20.1 Å². The molecule has 1 aromatic heterocycles. The summed E-state index contributed by atoms with van der Waals surface area (Å²) in [7, 11) is 0. The minimum atomic E-state index is -4.69. The Bertz CT molecular complexity index is 986. The minimum absolute atomic E-state index is 0.150. The number of carbonyl (C=O) groups is 1. The van der Waals surface area contributed by atoms with Gasteiger partial charge in [-0.25, -0.2) is 0 Å². The molecule has 1 aliphatic heterocycles. The van der Waals surface area contributed by atoms with E-state index in [1.54, 1.807) is 32.0 Å². The fraction of sp³-hybridized carbons (Fsp3) is 0.421. The molecular formula is C19H21F3N4O4. The topological polar surface area (TPSA) is 113 Å². The lowest BCUT2D eigenvalue weighted by Crippen LogP contribution is -2.29. The first kappa shape index (κ1) is 21.6. The molecule has 11 heteroatoms. The van der Waals surface area contributed by atoms with Crippen LogP contribution in [0.2, 0.25) is 0 Å². The van der Waals surface area contributed by atoms with Crippen LogP contribution < -0.4 is 16.0 Å². The maximum absolute atomic E-state index is 12.6. The molecule has 2 aromatic rings. The second-order valence-corrected chi connectivity index (χ2v) is 7.15. The van der Waals surface area contributed by atoms with Gasteiger partial charge in [0.2, 0.25) is 5.82 Å². The normalized spacial score (nSPS) is 19.1. The number of ether oxygens (including phenoxy) is 1. The number of nitrogens with one attached hydrogen (secondary N) is 1. The zero-order valence-electron chi connectivity index (χ0n) is 16.6. The van der Waals surface area contributed by atoms with Crippen molar-refractivity contribution >= 4 is 5.91 Å². The van der Waals surface area contributed by atoms with Crippen molar-refractivity contribution in [2.24, 2.45) is 5.73 Å². The van der Waals surface area contributed by atoms with E-state index in [0.29, 0.717) is 36.3 Å². The molecule has 1 aliphatic rings. The van der Waals surface area contributed by atoms with E-state index in [1.165, 1.54) is 0 Å². The molecule has 1 unspecified atom stereocenters. The smallest absolute Gasteiger partial charge is 0.471 e. The molecule has 162 valence electrons. The van der Waals surface area contributed by atoms with Crippen LogP contribution in [0, 0.1) is 6.92 Å². The number of alkyl halides is 3. The second-order valence-electron chi connectivity index (χ2n) is 7.15. The third-order valence-electron chi connectivity index (χ3n) is 4.95. The Balaban J connectivity index is 1.58. The SMILES string of the molecule is CC1=C(C(N)=O)NOC1(C)CCCOc1ccc(-c2noc(C(F)(F)F)n2)cc1C. The Morgan fingerprint density at radius 1 is 1.33 bits per heavy atom. The molecular weight excluding hydrogens is 405 g/mol. The summed E-state index contributed by atoms with van der Waals surface area (Å²) in [6, 6.07) is 4.82. The molecule has 1 aromatic carbocycles. The lowest BCUT2D eigenvalue weighted by molar-refractivity contribution is -0.159. The summed E-state index contributed by atoms with van der Waals surface area (Å²) in [5.41, 5.74) is 9.30. The second kappa shape index (κ2) is 7.98. The van der Waals surface area contributed by atoms with E-state index in [9.17, 15) is 18.0 Å². The van der Waals surface area contributed by atoms with Gasteiger partial charge in [-0.05, 0) is 62.9 Å². The van der Waals surface area contributed by atoms with Crippen molar-refractivity contribution in [3.8, 4) is 17.1 Å². The van der Waals surface area contributed by atoms with Crippen molar-refractivity contribution in [1.82, 2.24) is 15.6 Å². The van der Waals surface area contributed by atoms with Crippen LogP contribution in [0.15, 0.2) is 34.0 Å². The van der Waals surface area contributed by atoms with Crippen LogP contribution in [0.3, 0.4) is 0 Å². The summed E-state index contributed by atoms with van der Waals surface area (Å²) in [6.07, 6.45) is -3.48. The van der Waals surface area contributed by atoms with Gasteiger partial charge < -0.3 is 15.0 Å². The van der Waals surface area contributed by atoms with Gasteiger partial charge in [0.05, 0.1) is 6.61 Å². The molecule has 0 saturated heterocycles. The van der Waals surface area contributed by atoms with E-state index in [1.807, 2.05) is 6.92 Å². The largest absolute Gasteiger partial charge is 0.493 e. The number of halogens is 3. The van der Waals surface area contributed by atoms with Crippen LogP contribution in [-0.4, -0.2) is 28.3 Å². The van der Waals surface area contributed by atoms with Crippen LogP contribution in [0.5, 0.6) is 5.75 Å². The van der Waals surface area contributed by atoms with E-state index in [0.717, 1.165) is 5.57 Å². The molecule has 1 atom stereocenters. The van der Waals surface area contributed by atoms with Gasteiger partial charge in [-0.1, -0.05) is 5.16 Å². The molecule has 3 N–H and O–H groups in total. The molecule has 30 heavy (non-hydrogen) atoms. The highest BCUT2D eigenvalue weighted by molar-refractivity contribution is 5.92. The molecule has 0 fully saturated rings. The number of hydrogen-bond acceptors (Lipinski definition) is 7. The Morgan fingerprint density at radius 3 is 2.63 bits per heavy atom. The average Bonchev–Trinajstić information content (AvgIpc) is 3.26. The third-order valence-corrected chi connectivity index (χ3v) is 4.95. The van der Waals surface area contributed by atoms with Gasteiger partial charge in [-0.15, -0.1) is 0 Å². The molecule has 0 saturated carbocycles. The van der Waals surface area contributed by atoms with Gasteiger partial charge in [-0.2, -0.15) is 18.2 Å². The number of nitrogens with zero attached hydrogens (tertiary/aromatic N) is 2. The highest BCUT2D eigenvalue weighted by Gasteiger charge is 2.39. The van der Waals surface area contributed by atoms with E-state index < -0.39 is 23.6 Å². The highest BCUT2D eigenvalue weighted by atomic mass is 19.4. The van der Waals surface area contributed by atoms with Crippen molar-refractivity contribution < 1.29 is 32.1 Å². The van der Waals surface area contributed by atoms with Crippen LogP contribution in [0.4, 0.5) is 13.2 Å². The molecule has 1 amide bonds. The lowest BCUT2D eigenvalue weighted by Gasteiger charge is -2.23. The Labute approximate surface area is 170 Å². The average molecular weight is 426 g/mol. The van der Waals surface area contributed by atoms with Crippen LogP contribution in [0.1, 0.15) is 38.1 Å². The van der Waals surface area contributed by atoms with Gasteiger partial charge in [0.15, 0.2) is 0 Å². The fourth-order valence-corrected chi connectivity index (χ4v) is 3.05. The van der Waals surface area contributed by atoms with Crippen molar-refractivity contribution in [3.05, 3.63) is 40.9 Å². The van der Waals surface area contributed by atoms with Gasteiger partial charge in [0.1, 0.15) is 17.0 Å². The molecule has 8 nitrogen and oxygen atoms in total. The van der Waals surface area contributed by atoms with Crippen molar-refractivity contribution in [1.29, 1.82) is 0 Å². The fourth-order valence-electron chi connectivity index (χ4n) is 3.05. The molecule has 0 aliphatic carbocycles. The zero-order chi connectivity index (χ0) is 22.1. The summed E-state index contributed by atoms with van der Waals surface area (Å²) in [5.74, 6) is -1.54. The van der Waals surface area contributed by atoms with Crippen molar-refractivity contribution in [2.75, 3.05) is 6.61 Å². The standard InChI is InChI=1S/C19H21F3N4O4/c1-10-9-12(16-24-17(29-26-16)19(20,21)22)5-6-13(10)28-8-4-7-18(3)11(2)14(15(23)27)25-30-18/h5-6,9,25H,4,7-8H2,1-3H3,(H2,23,27). The maximum atomic E-state index is 12.6. The van der Waals surface area contributed by atoms with E-state index in [-0.39, 0.29) is 11.5 Å². The number of aryl methyl sites for hydroxylation is 1. The Hall–Kier alpha value is -3.08. The number of hydrogen-bond donors (Lipinski definition) is 2. The quantitative estimate of drug-likeness (QED) is 0.654. The predicted molar refractivity (Wildman–Crippen MR) is 98.7 cm³/mol. The molecule has 2 heterocycles. The number of benzene rings is 1. The monoisotopic (exact) mass is 426 g/mol. The summed E-state index contributed by atoms with van der Waals surface area (Å²) in [6.45, 7) is 5.77. The highest BCUT2D eigenvalue weighted by Crippen LogP contribution is 2.33.